The fourth-order valence-corrected chi connectivity index (χ4v) is 6.61. The number of aryl methyl sites for hydroxylation is 1. The highest BCUT2D eigenvalue weighted by Crippen LogP contribution is 2.37. The maximum Gasteiger partial charge on any atom is 0.225 e. The van der Waals surface area contributed by atoms with Crippen LogP contribution in [0.5, 0.6) is 0 Å². The van der Waals surface area contributed by atoms with Gasteiger partial charge < -0.3 is 20.0 Å². The minimum absolute atomic E-state index is 0.00394. The fraction of sp³-hybridized carbons (Fsp3) is 0.562. The molecule has 1 N–H and O–H groups in total. The largest absolute Gasteiger partial charge is 0.356 e. The summed E-state index contributed by atoms with van der Waals surface area (Å²) in [5.74, 6) is 0.628. The van der Waals surface area contributed by atoms with Crippen LogP contribution < -0.4 is 10.2 Å². The highest BCUT2D eigenvalue weighted by Gasteiger charge is 2.46. The molecule has 3 unspecified atom stereocenters. The number of pyridine rings is 1. The molecule has 8 heteroatoms. The van der Waals surface area contributed by atoms with Crippen LogP contribution in [0.25, 0.3) is 0 Å². The Labute approximate surface area is 238 Å². The van der Waals surface area contributed by atoms with Crippen LogP contribution in [0.2, 0.25) is 0 Å². The van der Waals surface area contributed by atoms with Gasteiger partial charge in [-0.15, -0.1) is 0 Å². The number of piperazine rings is 1. The molecule has 3 atom stereocenters. The summed E-state index contributed by atoms with van der Waals surface area (Å²) in [4.78, 5) is 51.3. The number of hydrogen-bond donors (Lipinski definition) is 1. The lowest BCUT2D eigenvalue weighted by atomic mass is 9.99. The zero-order chi connectivity index (χ0) is 27.7. The number of nitrogens with zero attached hydrogens (tertiary/aromatic N) is 4. The maximum absolute atomic E-state index is 13.7. The van der Waals surface area contributed by atoms with Crippen molar-refractivity contribution in [2.45, 2.75) is 63.8 Å². The van der Waals surface area contributed by atoms with Crippen molar-refractivity contribution in [2.75, 3.05) is 44.2 Å². The van der Waals surface area contributed by atoms with Crippen LogP contribution in [0.4, 0.5) is 5.82 Å². The number of fused-ring (bicyclic) bond motifs is 1. The van der Waals surface area contributed by atoms with Crippen LogP contribution in [-0.4, -0.2) is 77.8 Å². The van der Waals surface area contributed by atoms with Crippen molar-refractivity contribution >= 4 is 23.5 Å². The molecule has 2 aromatic rings. The van der Waals surface area contributed by atoms with Crippen LogP contribution in [0, 0.1) is 11.8 Å². The lowest BCUT2D eigenvalue weighted by Crippen LogP contribution is -2.50. The summed E-state index contributed by atoms with van der Waals surface area (Å²) in [5.41, 5.74) is 1.24. The molecule has 1 aliphatic carbocycles. The highest BCUT2D eigenvalue weighted by molar-refractivity contribution is 5.85. The van der Waals surface area contributed by atoms with Gasteiger partial charge in [-0.1, -0.05) is 49.2 Å². The van der Waals surface area contributed by atoms with E-state index in [1.807, 2.05) is 46.2 Å². The summed E-state index contributed by atoms with van der Waals surface area (Å²) >= 11 is 0. The number of anilines is 1. The fourth-order valence-electron chi connectivity index (χ4n) is 6.61. The Bertz CT molecular complexity index is 1120. The van der Waals surface area contributed by atoms with E-state index in [9.17, 15) is 14.4 Å². The van der Waals surface area contributed by atoms with Crippen molar-refractivity contribution in [3.05, 3.63) is 60.3 Å². The predicted octanol–water partition coefficient (Wildman–Crippen LogP) is 3.67. The van der Waals surface area contributed by atoms with Crippen LogP contribution in [0.15, 0.2) is 54.7 Å². The van der Waals surface area contributed by atoms with Gasteiger partial charge in [-0.25, -0.2) is 4.98 Å². The molecule has 1 aromatic carbocycles. The van der Waals surface area contributed by atoms with E-state index in [1.165, 1.54) is 5.56 Å². The second kappa shape index (κ2) is 13.8. The molecule has 2 aliphatic heterocycles. The zero-order valence-electron chi connectivity index (χ0n) is 23.5. The lowest BCUT2D eigenvalue weighted by Gasteiger charge is -2.36. The van der Waals surface area contributed by atoms with Crippen molar-refractivity contribution in [1.29, 1.82) is 0 Å². The van der Waals surface area contributed by atoms with Gasteiger partial charge in [-0.3, -0.25) is 14.4 Å². The molecule has 0 bridgehead atoms. The maximum atomic E-state index is 13.7. The topological polar surface area (TPSA) is 85.8 Å². The molecule has 2 saturated heterocycles. The van der Waals surface area contributed by atoms with E-state index in [-0.39, 0.29) is 35.6 Å². The molecule has 40 heavy (non-hydrogen) atoms. The quantitative estimate of drug-likeness (QED) is 0.599. The minimum Gasteiger partial charge on any atom is -0.356 e. The average molecular weight is 546 g/mol. The van der Waals surface area contributed by atoms with Crippen molar-refractivity contribution < 1.29 is 14.4 Å². The molecule has 3 fully saturated rings. The molecule has 3 amide bonds. The standard InChI is InChI=1S/C32H43N5O3/c38-30(15-10-13-25-11-4-3-5-12-25)37-18-9-2-1-7-17-34-31(39)27-23-26(24-28(27)37)32(40)36-21-19-35(20-22-36)29-14-6-8-16-33-29/h3-6,8,11-12,14,16,26-28H,1-2,7,9-10,13,15,17-24H2,(H,34,39). The first-order valence-electron chi connectivity index (χ1n) is 15.2. The molecule has 1 saturated carbocycles. The van der Waals surface area contributed by atoms with Gasteiger partial charge in [0.2, 0.25) is 17.7 Å². The van der Waals surface area contributed by atoms with Gasteiger partial charge in [-0.05, 0) is 56.2 Å². The minimum atomic E-state index is -0.333. The molecular weight excluding hydrogens is 502 g/mol. The van der Waals surface area contributed by atoms with Crippen LogP contribution in [0.3, 0.4) is 0 Å². The van der Waals surface area contributed by atoms with Gasteiger partial charge in [-0.2, -0.15) is 0 Å². The third-order valence-electron chi connectivity index (χ3n) is 8.82. The number of carbonyl (C=O) groups excluding carboxylic acids is 3. The summed E-state index contributed by atoms with van der Waals surface area (Å²) in [6.45, 7) is 4.12. The summed E-state index contributed by atoms with van der Waals surface area (Å²) in [6.07, 6.45) is 8.99. The Kier molecular flexibility index (Phi) is 9.68. The van der Waals surface area contributed by atoms with Gasteiger partial charge in [0.05, 0.1) is 5.92 Å². The molecule has 0 radical (unpaired) electrons. The van der Waals surface area contributed by atoms with E-state index in [0.29, 0.717) is 45.4 Å². The summed E-state index contributed by atoms with van der Waals surface area (Å²) in [7, 11) is 0. The number of rotatable bonds is 6. The summed E-state index contributed by atoms with van der Waals surface area (Å²) < 4.78 is 0. The van der Waals surface area contributed by atoms with Crippen molar-refractivity contribution in [2.24, 2.45) is 11.8 Å². The monoisotopic (exact) mass is 545 g/mol. The predicted molar refractivity (Wildman–Crippen MR) is 156 cm³/mol. The van der Waals surface area contributed by atoms with Crippen LogP contribution in [0.1, 0.15) is 56.9 Å². The summed E-state index contributed by atoms with van der Waals surface area (Å²) in [5, 5.41) is 3.12. The molecule has 8 nitrogen and oxygen atoms in total. The molecule has 214 valence electrons. The molecule has 3 aliphatic rings. The second-order valence-corrected chi connectivity index (χ2v) is 11.5. The third-order valence-corrected chi connectivity index (χ3v) is 8.82. The first-order valence-corrected chi connectivity index (χ1v) is 15.2. The number of amides is 3. The van der Waals surface area contributed by atoms with E-state index < -0.39 is 0 Å². The number of hydrogen-bond acceptors (Lipinski definition) is 5. The Hall–Kier alpha value is -3.42. The normalized spacial score (nSPS) is 24.1. The number of nitrogens with one attached hydrogen (secondary N) is 1. The van der Waals surface area contributed by atoms with Gasteiger partial charge in [0.1, 0.15) is 5.82 Å². The van der Waals surface area contributed by atoms with E-state index in [4.69, 9.17) is 0 Å². The molecular formula is C32H43N5O3. The smallest absolute Gasteiger partial charge is 0.225 e. The number of aromatic nitrogens is 1. The first-order chi connectivity index (χ1) is 19.6. The Morgan fingerprint density at radius 1 is 0.875 bits per heavy atom. The molecule has 3 heterocycles. The zero-order valence-corrected chi connectivity index (χ0v) is 23.5. The molecule has 5 rings (SSSR count). The highest BCUT2D eigenvalue weighted by atomic mass is 16.2. The van der Waals surface area contributed by atoms with Gasteiger partial charge in [0, 0.05) is 63.8 Å². The Morgan fingerprint density at radius 3 is 2.42 bits per heavy atom. The number of benzene rings is 1. The molecule has 1 aromatic heterocycles. The van der Waals surface area contributed by atoms with E-state index in [2.05, 4.69) is 27.3 Å². The lowest BCUT2D eigenvalue weighted by molar-refractivity contribution is -0.138. The van der Waals surface area contributed by atoms with E-state index in [1.54, 1.807) is 6.20 Å². The van der Waals surface area contributed by atoms with Gasteiger partial charge >= 0.3 is 0 Å². The van der Waals surface area contributed by atoms with Gasteiger partial charge in [0.25, 0.3) is 0 Å². The third kappa shape index (κ3) is 7.01. The summed E-state index contributed by atoms with van der Waals surface area (Å²) in [6, 6.07) is 15.9. The Balaban J connectivity index is 1.24. The van der Waals surface area contributed by atoms with Crippen molar-refractivity contribution in [3.8, 4) is 0 Å². The first kappa shape index (κ1) is 28.1. The van der Waals surface area contributed by atoms with Gasteiger partial charge in [0.15, 0.2) is 0 Å². The van der Waals surface area contributed by atoms with E-state index in [0.717, 1.165) is 57.4 Å². The van der Waals surface area contributed by atoms with Crippen molar-refractivity contribution in [1.82, 2.24) is 20.1 Å². The number of carbonyl (C=O) groups is 3. The molecule has 0 spiro atoms. The second-order valence-electron chi connectivity index (χ2n) is 11.5. The average Bonchev–Trinajstić information content (AvgIpc) is 3.43. The van der Waals surface area contributed by atoms with Crippen LogP contribution >= 0.6 is 0 Å². The van der Waals surface area contributed by atoms with E-state index >= 15 is 0 Å². The SMILES string of the molecule is O=C1NCCCCCCN(C(=O)CCCc2ccccc2)C2CC(C(=O)N3CCN(c4ccccn4)CC3)CC12. The van der Waals surface area contributed by atoms with Crippen LogP contribution in [-0.2, 0) is 20.8 Å². The Morgan fingerprint density at radius 2 is 1.65 bits per heavy atom. The van der Waals surface area contributed by atoms with Crippen molar-refractivity contribution in [3.63, 3.8) is 0 Å².